The maximum atomic E-state index is 8.66. The van der Waals surface area contributed by atoms with Crippen molar-refractivity contribution in [1.29, 1.82) is 5.26 Å². The van der Waals surface area contributed by atoms with Crippen molar-refractivity contribution in [2.24, 2.45) is 0 Å². The number of hydrogen-bond donors (Lipinski definition) is 0. The molecule has 0 saturated heterocycles. The quantitative estimate of drug-likeness (QED) is 0.761. The van der Waals surface area contributed by atoms with Gasteiger partial charge >= 0.3 is 0 Å². The number of thioether (sulfide) groups is 1. The van der Waals surface area contributed by atoms with E-state index >= 15 is 0 Å². The van der Waals surface area contributed by atoms with E-state index in [2.05, 4.69) is 16.3 Å². The largest absolute Gasteiger partial charge is 0.469 e. The van der Waals surface area contributed by atoms with E-state index in [9.17, 15) is 0 Å². The van der Waals surface area contributed by atoms with Gasteiger partial charge in [-0.15, -0.1) is 10.2 Å². The van der Waals surface area contributed by atoms with Crippen LogP contribution in [0.15, 0.2) is 26.4 Å². The summed E-state index contributed by atoms with van der Waals surface area (Å²) in [6.07, 6.45) is 1.57. The normalized spacial score (nSPS) is 12.3. The van der Waals surface area contributed by atoms with Crippen LogP contribution in [-0.2, 0) is 0 Å². The lowest BCUT2D eigenvalue weighted by molar-refractivity contribution is 0.463. The van der Waals surface area contributed by atoms with Crippen molar-refractivity contribution >= 4 is 11.8 Å². The van der Waals surface area contributed by atoms with E-state index in [1.165, 1.54) is 11.8 Å². The molecule has 2 rings (SSSR count). The van der Waals surface area contributed by atoms with Gasteiger partial charge in [0.25, 0.3) is 11.1 Å². The standard InChI is InChI=1S/C10H9N3O2S/c1-6(5-11)16-10-13-12-9(15-10)8-3-4-14-7(8)2/h3-4,6H,1-2H3/t6-/m0/s1. The van der Waals surface area contributed by atoms with Gasteiger partial charge in [-0.1, -0.05) is 0 Å². The number of nitrogens with zero attached hydrogens (tertiary/aromatic N) is 3. The topological polar surface area (TPSA) is 75.8 Å². The van der Waals surface area contributed by atoms with E-state index < -0.39 is 0 Å². The molecule has 2 aromatic heterocycles. The molecule has 0 bridgehead atoms. The predicted octanol–water partition coefficient (Wildman–Crippen LogP) is 2.64. The summed E-state index contributed by atoms with van der Waals surface area (Å²) < 4.78 is 10.6. The molecule has 0 spiro atoms. The Labute approximate surface area is 96.5 Å². The Kier molecular flexibility index (Phi) is 2.97. The van der Waals surface area contributed by atoms with E-state index in [1.807, 2.05) is 6.92 Å². The van der Waals surface area contributed by atoms with Crippen LogP contribution in [0, 0.1) is 18.3 Å². The molecule has 82 valence electrons. The van der Waals surface area contributed by atoms with Gasteiger partial charge in [-0.05, 0) is 31.7 Å². The highest BCUT2D eigenvalue weighted by molar-refractivity contribution is 7.99. The summed E-state index contributed by atoms with van der Waals surface area (Å²) >= 11 is 1.24. The Balaban J connectivity index is 2.21. The molecule has 0 aliphatic carbocycles. The third kappa shape index (κ3) is 2.09. The second-order valence-electron chi connectivity index (χ2n) is 3.15. The highest BCUT2D eigenvalue weighted by Gasteiger charge is 2.14. The molecule has 5 nitrogen and oxygen atoms in total. The molecule has 6 heteroatoms. The zero-order valence-corrected chi connectivity index (χ0v) is 9.61. The van der Waals surface area contributed by atoms with Crippen molar-refractivity contribution in [2.75, 3.05) is 0 Å². The molecule has 0 fully saturated rings. The first-order valence-electron chi connectivity index (χ1n) is 4.65. The van der Waals surface area contributed by atoms with Crippen LogP contribution in [0.5, 0.6) is 0 Å². The molecule has 0 aromatic carbocycles. The van der Waals surface area contributed by atoms with E-state index in [-0.39, 0.29) is 5.25 Å². The zero-order valence-electron chi connectivity index (χ0n) is 8.80. The van der Waals surface area contributed by atoms with Gasteiger partial charge in [-0.3, -0.25) is 0 Å². The third-order valence-corrected chi connectivity index (χ3v) is 2.78. The fourth-order valence-corrected chi connectivity index (χ4v) is 1.72. The molecule has 0 aliphatic heterocycles. The molecule has 0 unspecified atom stereocenters. The van der Waals surface area contributed by atoms with Gasteiger partial charge in [0.15, 0.2) is 0 Å². The second-order valence-corrected chi connectivity index (χ2v) is 4.44. The zero-order chi connectivity index (χ0) is 11.5. The average molecular weight is 235 g/mol. The van der Waals surface area contributed by atoms with Crippen LogP contribution in [0.25, 0.3) is 11.5 Å². The summed E-state index contributed by atoms with van der Waals surface area (Å²) in [5.74, 6) is 1.15. The molecule has 0 amide bonds. The van der Waals surface area contributed by atoms with Crippen molar-refractivity contribution in [3.63, 3.8) is 0 Å². The van der Waals surface area contributed by atoms with Gasteiger partial charge in [-0.2, -0.15) is 5.26 Å². The van der Waals surface area contributed by atoms with Gasteiger partial charge in [0, 0.05) is 0 Å². The summed E-state index contributed by atoms with van der Waals surface area (Å²) in [5, 5.41) is 16.6. The van der Waals surface area contributed by atoms with Crippen molar-refractivity contribution in [3.05, 3.63) is 18.1 Å². The van der Waals surface area contributed by atoms with Crippen molar-refractivity contribution in [2.45, 2.75) is 24.3 Å². The highest BCUT2D eigenvalue weighted by Crippen LogP contribution is 2.27. The van der Waals surface area contributed by atoms with E-state index in [4.69, 9.17) is 14.1 Å². The van der Waals surface area contributed by atoms with Crippen molar-refractivity contribution in [1.82, 2.24) is 10.2 Å². The van der Waals surface area contributed by atoms with E-state index in [1.54, 1.807) is 19.3 Å². The SMILES string of the molecule is Cc1occc1-c1nnc(S[C@@H](C)C#N)o1. The summed E-state index contributed by atoms with van der Waals surface area (Å²) in [6, 6.07) is 3.85. The number of furan rings is 1. The Morgan fingerprint density at radius 1 is 1.50 bits per heavy atom. The molecule has 0 radical (unpaired) electrons. The summed E-state index contributed by atoms with van der Waals surface area (Å²) in [4.78, 5) is 0. The van der Waals surface area contributed by atoms with Gasteiger partial charge in [0.05, 0.1) is 23.1 Å². The van der Waals surface area contributed by atoms with E-state index in [0.717, 1.165) is 11.3 Å². The maximum absolute atomic E-state index is 8.66. The Morgan fingerprint density at radius 2 is 2.31 bits per heavy atom. The predicted molar refractivity (Wildman–Crippen MR) is 57.7 cm³/mol. The fraction of sp³-hybridized carbons (Fsp3) is 0.300. The number of aromatic nitrogens is 2. The molecule has 1 atom stereocenters. The minimum atomic E-state index is -0.209. The number of nitriles is 1. The van der Waals surface area contributed by atoms with Crippen LogP contribution >= 0.6 is 11.8 Å². The van der Waals surface area contributed by atoms with Crippen LogP contribution < -0.4 is 0 Å². The van der Waals surface area contributed by atoms with Crippen molar-refractivity contribution in [3.8, 4) is 17.5 Å². The molecule has 0 N–H and O–H groups in total. The Morgan fingerprint density at radius 3 is 2.94 bits per heavy atom. The van der Waals surface area contributed by atoms with Crippen LogP contribution in [0.4, 0.5) is 0 Å². The van der Waals surface area contributed by atoms with Crippen LogP contribution in [0.1, 0.15) is 12.7 Å². The second kappa shape index (κ2) is 4.41. The first-order valence-corrected chi connectivity index (χ1v) is 5.53. The molecule has 16 heavy (non-hydrogen) atoms. The van der Waals surface area contributed by atoms with Crippen molar-refractivity contribution < 1.29 is 8.83 Å². The first kappa shape index (κ1) is 10.8. The highest BCUT2D eigenvalue weighted by atomic mass is 32.2. The lowest BCUT2D eigenvalue weighted by Gasteiger charge is -1.94. The number of hydrogen-bond acceptors (Lipinski definition) is 6. The van der Waals surface area contributed by atoms with Crippen LogP contribution in [0.3, 0.4) is 0 Å². The minimum absolute atomic E-state index is 0.209. The first-order chi connectivity index (χ1) is 7.70. The molecule has 2 aromatic rings. The molecule has 2 heterocycles. The summed E-state index contributed by atoms with van der Waals surface area (Å²) in [5.41, 5.74) is 0.781. The molecular formula is C10H9N3O2S. The Bertz CT molecular complexity index is 526. The van der Waals surface area contributed by atoms with Gasteiger partial charge < -0.3 is 8.83 Å². The number of rotatable bonds is 3. The van der Waals surface area contributed by atoms with Gasteiger partial charge in [0.2, 0.25) is 0 Å². The summed E-state index contributed by atoms with van der Waals surface area (Å²) in [6.45, 7) is 3.60. The summed E-state index contributed by atoms with van der Waals surface area (Å²) in [7, 11) is 0. The lowest BCUT2D eigenvalue weighted by Crippen LogP contribution is -1.88. The van der Waals surface area contributed by atoms with Gasteiger partial charge in [0.1, 0.15) is 5.76 Å². The monoisotopic (exact) mass is 235 g/mol. The van der Waals surface area contributed by atoms with E-state index in [0.29, 0.717) is 11.1 Å². The smallest absolute Gasteiger partial charge is 0.278 e. The molecule has 0 aliphatic rings. The maximum Gasteiger partial charge on any atom is 0.278 e. The minimum Gasteiger partial charge on any atom is -0.469 e. The molecule has 0 saturated carbocycles. The molecular weight excluding hydrogens is 226 g/mol. The van der Waals surface area contributed by atoms with Crippen LogP contribution in [-0.4, -0.2) is 15.4 Å². The fourth-order valence-electron chi connectivity index (χ4n) is 1.15. The Hall–Kier alpha value is -1.74. The number of aryl methyl sites for hydroxylation is 1. The van der Waals surface area contributed by atoms with Gasteiger partial charge in [-0.25, -0.2) is 0 Å². The lowest BCUT2D eigenvalue weighted by atomic mass is 10.3. The third-order valence-electron chi connectivity index (χ3n) is 1.96. The average Bonchev–Trinajstić information content (AvgIpc) is 2.86. The van der Waals surface area contributed by atoms with Crippen LogP contribution in [0.2, 0.25) is 0 Å².